The van der Waals surface area contributed by atoms with Crippen LogP contribution in [-0.2, 0) is 4.79 Å². The van der Waals surface area contributed by atoms with E-state index >= 15 is 0 Å². The van der Waals surface area contributed by atoms with Gasteiger partial charge in [-0.05, 0) is 18.9 Å². The van der Waals surface area contributed by atoms with E-state index in [1.807, 2.05) is 51.1 Å². The molecule has 1 atom stereocenters. The number of halogens is 1. The average Bonchev–Trinajstić information content (AvgIpc) is 2.37. The molecule has 1 unspecified atom stereocenters. The van der Waals surface area contributed by atoms with Crippen LogP contribution in [0.1, 0.15) is 38.8 Å². The van der Waals surface area contributed by atoms with Gasteiger partial charge < -0.3 is 0 Å². The van der Waals surface area contributed by atoms with Crippen LogP contribution in [0.2, 0.25) is 0 Å². The average molecular weight is 266 g/mol. The fourth-order valence-electron chi connectivity index (χ4n) is 1.78. The lowest BCUT2D eigenvalue weighted by atomic mass is 9.88. The van der Waals surface area contributed by atoms with Crippen molar-refractivity contribution in [1.29, 1.82) is 0 Å². The summed E-state index contributed by atoms with van der Waals surface area (Å²) in [4.78, 5) is 12.3. The molecule has 0 bridgehead atoms. The maximum atomic E-state index is 12.3. The van der Waals surface area contributed by atoms with Crippen LogP contribution in [0.25, 0.3) is 0 Å². The molecule has 1 aromatic carbocycles. The molecule has 0 aliphatic heterocycles. The molecule has 0 aliphatic carbocycles. The van der Waals surface area contributed by atoms with Crippen molar-refractivity contribution < 1.29 is 4.79 Å². The number of nitrogens with zero attached hydrogens (tertiary/aromatic N) is 1. The molecule has 3 heteroatoms. The van der Waals surface area contributed by atoms with E-state index in [0.29, 0.717) is 6.42 Å². The molecule has 0 fully saturated rings. The van der Waals surface area contributed by atoms with Gasteiger partial charge in [-0.15, -0.1) is 6.58 Å². The van der Waals surface area contributed by atoms with Crippen LogP contribution in [0, 0.1) is 5.41 Å². The summed E-state index contributed by atoms with van der Waals surface area (Å²) >= 11 is 6.19. The Morgan fingerprint density at radius 3 is 2.50 bits per heavy atom. The summed E-state index contributed by atoms with van der Waals surface area (Å²) in [6.45, 7) is 9.36. The Hall–Kier alpha value is -1.28. The first-order chi connectivity index (χ1) is 8.40. The van der Waals surface area contributed by atoms with Gasteiger partial charge in [0, 0.05) is 17.2 Å². The van der Waals surface area contributed by atoms with E-state index in [0.717, 1.165) is 5.56 Å². The van der Waals surface area contributed by atoms with Gasteiger partial charge in [0.15, 0.2) is 0 Å². The zero-order valence-electron chi connectivity index (χ0n) is 11.2. The predicted octanol–water partition coefficient (Wildman–Crippen LogP) is 4.33. The van der Waals surface area contributed by atoms with Crippen LogP contribution < -0.4 is 0 Å². The lowest BCUT2D eigenvalue weighted by molar-refractivity contribution is -0.136. The molecule has 0 saturated heterocycles. The van der Waals surface area contributed by atoms with Gasteiger partial charge in [-0.1, -0.05) is 50.3 Å². The first-order valence-electron chi connectivity index (χ1n) is 6.05. The minimum Gasteiger partial charge on any atom is -0.273 e. The molecule has 98 valence electrons. The van der Waals surface area contributed by atoms with E-state index in [4.69, 9.17) is 11.8 Å². The van der Waals surface area contributed by atoms with E-state index in [-0.39, 0.29) is 11.9 Å². The quantitative estimate of drug-likeness (QED) is 0.573. The van der Waals surface area contributed by atoms with Crippen LogP contribution in [0.4, 0.5) is 0 Å². The minimum absolute atomic E-state index is 0.0829. The largest absolute Gasteiger partial charge is 0.273 e. The third kappa shape index (κ3) is 3.36. The first kappa shape index (κ1) is 14.8. The second-order valence-corrected chi connectivity index (χ2v) is 5.44. The SMILES string of the molecule is C=CCC(C)(C)C(=O)N(Cl)C(C)c1ccccc1. The molecule has 0 spiro atoms. The monoisotopic (exact) mass is 265 g/mol. The molecule has 0 saturated carbocycles. The summed E-state index contributed by atoms with van der Waals surface area (Å²) in [5.41, 5.74) is 0.502. The minimum atomic E-state index is -0.521. The van der Waals surface area contributed by atoms with Gasteiger partial charge in [-0.2, -0.15) is 0 Å². The number of hydrogen-bond acceptors (Lipinski definition) is 1. The van der Waals surface area contributed by atoms with Crippen molar-refractivity contribution in [2.45, 2.75) is 33.2 Å². The molecule has 0 aromatic heterocycles. The number of hydrogen-bond donors (Lipinski definition) is 0. The highest BCUT2D eigenvalue weighted by Crippen LogP contribution is 2.30. The Kier molecular flexibility index (Phi) is 4.97. The lowest BCUT2D eigenvalue weighted by Gasteiger charge is -2.30. The summed E-state index contributed by atoms with van der Waals surface area (Å²) in [6, 6.07) is 9.61. The zero-order chi connectivity index (χ0) is 13.8. The topological polar surface area (TPSA) is 20.3 Å². The molecule has 2 nitrogen and oxygen atoms in total. The Balaban J connectivity index is 2.84. The number of amides is 1. The molecule has 1 rings (SSSR count). The van der Waals surface area contributed by atoms with E-state index < -0.39 is 5.41 Å². The van der Waals surface area contributed by atoms with Crippen molar-refractivity contribution in [3.63, 3.8) is 0 Å². The molecule has 0 aliphatic rings. The molecule has 0 radical (unpaired) electrons. The van der Waals surface area contributed by atoms with Crippen LogP contribution in [0.5, 0.6) is 0 Å². The molecule has 18 heavy (non-hydrogen) atoms. The first-order valence-corrected chi connectivity index (χ1v) is 6.39. The van der Waals surface area contributed by atoms with Crippen LogP contribution in [0.15, 0.2) is 43.0 Å². The molecule has 1 amide bonds. The van der Waals surface area contributed by atoms with E-state index in [1.54, 1.807) is 6.08 Å². The number of carbonyl (C=O) groups is 1. The number of benzene rings is 1. The smallest absolute Gasteiger partial charge is 0.243 e. The third-order valence-corrected chi connectivity index (χ3v) is 3.50. The highest BCUT2D eigenvalue weighted by atomic mass is 35.5. The van der Waals surface area contributed by atoms with Crippen molar-refractivity contribution in [2.24, 2.45) is 5.41 Å². The Bertz CT molecular complexity index is 414. The van der Waals surface area contributed by atoms with Crippen molar-refractivity contribution in [3.8, 4) is 0 Å². The van der Waals surface area contributed by atoms with Gasteiger partial charge in [0.1, 0.15) is 0 Å². The highest BCUT2D eigenvalue weighted by molar-refractivity contribution is 6.22. The fourth-order valence-corrected chi connectivity index (χ4v) is 2.12. The summed E-state index contributed by atoms with van der Waals surface area (Å²) in [5, 5.41) is 0. The summed E-state index contributed by atoms with van der Waals surface area (Å²) in [5.74, 6) is -0.0829. The van der Waals surface area contributed by atoms with Crippen molar-refractivity contribution in [2.75, 3.05) is 0 Å². The number of allylic oxidation sites excluding steroid dienone is 1. The van der Waals surface area contributed by atoms with Gasteiger partial charge in [0.25, 0.3) is 0 Å². The van der Waals surface area contributed by atoms with E-state index in [2.05, 4.69) is 6.58 Å². The van der Waals surface area contributed by atoms with Crippen LogP contribution in [-0.4, -0.2) is 10.3 Å². The van der Waals surface area contributed by atoms with Gasteiger partial charge >= 0.3 is 0 Å². The van der Waals surface area contributed by atoms with Crippen molar-refractivity contribution in [1.82, 2.24) is 4.42 Å². The fraction of sp³-hybridized carbons (Fsp3) is 0.400. The summed E-state index contributed by atoms with van der Waals surface area (Å²) in [7, 11) is 0. The van der Waals surface area contributed by atoms with Crippen molar-refractivity contribution >= 4 is 17.7 Å². The molecule has 1 aromatic rings. The van der Waals surface area contributed by atoms with Crippen LogP contribution in [0.3, 0.4) is 0 Å². The molecule has 0 N–H and O–H groups in total. The van der Waals surface area contributed by atoms with Gasteiger partial charge in [-0.3, -0.25) is 4.79 Å². The second kappa shape index (κ2) is 6.05. The second-order valence-electron chi connectivity index (χ2n) is 5.08. The number of rotatable bonds is 5. The molecular weight excluding hydrogens is 246 g/mol. The maximum Gasteiger partial charge on any atom is 0.243 e. The van der Waals surface area contributed by atoms with E-state index in [9.17, 15) is 4.79 Å². The normalized spacial score (nSPS) is 12.9. The third-order valence-electron chi connectivity index (χ3n) is 3.05. The maximum absolute atomic E-state index is 12.3. The predicted molar refractivity (Wildman–Crippen MR) is 76.2 cm³/mol. The summed E-state index contributed by atoms with van der Waals surface area (Å²) < 4.78 is 1.29. The molecule has 0 heterocycles. The summed E-state index contributed by atoms with van der Waals surface area (Å²) in [6.07, 6.45) is 2.35. The standard InChI is InChI=1S/C15H20ClNO/c1-5-11-15(3,4)14(18)17(16)12(2)13-9-7-6-8-10-13/h5-10,12H,1,11H2,2-4H3. The highest BCUT2D eigenvalue weighted by Gasteiger charge is 2.32. The molecular formula is C15H20ClNO. The Morgan fingerprint density at radius 1 is 1.44 bits per heavy atom. The zero-order valence-corrected chi connectivity index (χ0v) is 11.9. The number of carbonyl (C=O) groups excluding carboxylic acids is 1. The van der Waals surface area contributed by atoms with E-state index in [1.165, 1.54) is 4.42 Å². The van der Waals surface area contributed by atoms with Gasteiger partial charge in [-0.25, -0.2) is 4.42 Å². The Morgan fingerprint density at radius 2 is 2.00 bits per heavy atom. The van der Waals surface area contributed by atoms with Crippen LogP contribution >= 0.6 is 11.8 Å². The van der Waals surface area contributed by atoms with Crippen molar-refractivity contribution in [3.05, 3.63) is 48.6 Å². The Labute approximate surface area is 114 Å². The van der Waals surface area contributed by atoms with Gasteiger partial charge in [0.2, 0.25) is 5.91 Å². The lowest BCUT2D eigenvalue weighted by Crippen LogP contribution is -2.36. The van der Waals surface area contributed by atoms with Gasteiger partial charge in [0.05, 0.1) is 6.04 Å².